The van der Waals surface area contributed by atoms with Crippen molar-refractivity contribution in [2.24, 2.45) is 34.5 Å². The largest absolute Gasteiger partial charge is 0.459 e. The summed E-state index contributed by atoms with van der Waals surface area (Å²) in [6.45, 7) is 5.91. The van der Waals surface area contributed by atoms with E-state index in [-0.39, 0.29) is 18.0 Å². The van der Waals surface area contributed by atoms with Gasteiger partial charge in [0.15, 0.2) is 0 Å². The van der Waals surface area contributed by atoms with Crippen LogP contribution in [0.1, 0.15) is 52.9 Å². The molecule has 5 aliphatic rings. The summed E-state index contributed by atoms with van der Waals surface area (Å²) in [4.78, 5) is 25.5. The molecule has 4 heteroatoms. The fourth-order valence-electron chi connectivity index (χ4n) is 6.56. The third-order valence-electron chi connectivity index (χ3n) is 8.62. The molecule has 4 fully saturated rings. The highest BCUT2D eigenvalue weighted by molar-refractivity contribution is 5.93. The van der Waals surface area contributed by atoms with Gasteiger partial charge in [-0.2, -0.15) is 0 Å². The molecule has 1 saturated heterocycles. The highest BCUT2D eigenvalue weighted by atomic mass is 16.6. The van der Waals surface area contributed by atoms with Crippen molar-refractivity contribution in [3.63, 3.8) is 0 Å². The second-order valence-corrected chi connectivity index (χ2v) is 9.42. The van der Waals surface area contributed by atoms with Crippen molar-refractivity contribution in [1.82, 2.24) is 0 Å². The molecule has 7 atom stereocenters. The lowest BCUT2D eigenvalue weighted by atomic mass is 9.66. The van der Waals surface area contributed by atoms with Crippen molar-refractivity contribution < 1.29 is 19.1 Å². The van der Waals surface area contributed by atoms with E-state index in [0.717, 1.165) is 12.3 Å². The number of carbonyl (C=O) groups excluding carboxylic acids is 2. The van der Waals surface area contributed by atoms with Gasteiger partial charge in [-0.05, 0) is 56.8 Å². The molecule has 0 spiro atoms. The smallest absolute Gasteiger partial charge is 0.351 e. The minimum Gasteiger partial charge on any atom is -0.459 e. The maximum atomic E-state index is 13.1. The van der Waals surface area contributed by atoms with Gasteiger partial charge in [0, 0.05) is 11.3 Å². The van der Waals surface area contributed by atoms with Gasteiger partial charge in [-0.25, -0.2) is 4.79 Å². The van der Waals surface area contributed by atoms with Crippen molar-refractivity contribution in [2.75, 3.05) is 0 Å². The minimum absolute atomic E-state index is 0.00262. The summed E-state index contributed by atoms with van der Waals surface area (Å²) >= 11 is 0. The average Bonchev–Trinajstić information content (AvgIpc) is 3.26. The van der Waals surface area contributed by atoms with Crippen molar-refractivity contribution in [3.05, 3.63) is 12.2 Å². The number of carbonyl (C=O) groups is 2. The van der Waals surface area contributed by atoms with E-state index in [9.17, 15) is 9.59 Å². The van der Waals surface area contributed by atoms with Crippen LogP contribution in [0, 0.1) is 34.5 Å². The van der Waals surface area contributed by atoms with E-state index >= 15 is 0 Å². The number of hydrogen-bond acceptors (Lipinski definition) is 4. The van der Waals surface area contributed by atoms with Gasteiger partial charge in [0.05, 0.1) is 5.41 Å². The Hall–Kier alpha value is -1.32. The van der Waals surface area contributed by atoms with Gasteiger partial charge in [0.2, 0.25) is 5.60 Å². The Bertz CT molecular complexity index is 665. The molecule has 0 aromatic heterocycles. The summed E-state index contributed by atoms with van der Waals surface area (Å²) in [5.74, 6) is 2.00. The minimum atomic E-state index is -1.08. The lowest BCUT2D eigenvalue weighted by molar-refractivity contribution is -0.189. The topological polar surface area (TPSA) is 52.6 Å². The zero-order chi connectivity index (χ0) is 16.9. The summed E-state index contributed by atoms with van der Waals surface area (Å²) in [6, 6.07) is 0. The maximum Gasteiger partial charge on any atom is 0.351 e. The molecule has 5 rings (SSSR count). The molecule has 1 heterocycles. The van der Waals surface area contributed by atoms with Gasteiger partial charge in [0.1, 0.15) is 6.10 Å². The number of hydrogen-bond donors (Lipinski definition) is 0. The Kier molecular flexibility index (Phi) is 2.66. The zero-order valence-corrected chi connectivity index (χ0v) is 14.7. The van der Waals surface area contributed by atoms with Crippen LogP contribution in [0.5, 0.6) is 0 Å². The van der Waals surface area contributed by atoms with Crippen molar-refractivity contribution in [1.29, 1.82) is 0 Å². The summed E-state index contributed by atoms with van der Waals surface area (Å²) in [5.41, 5.74) is -2.16. The molecule has 130 valence electrons. The van der Waals surface area contributed by atoms with Gasteiger partial charge < -0.3 is 9.47 Å². The SMILES string of the molecule is CC1(C)[C@@]2(C)CC[C@]1(C(=O)O[C@@H]1C[C@@H]3C[C@H]1[C@H]1C=CC[C@@H]31)OC2=O. The zero-order valence-electron chi connectivity index (χ0n) is 14.7. The average molecular weight is 330 g/mol. The Morgan fingerprint density at radius 1 is 1.21 bits per heavy atom. The molecular weight excluding hydrogens is 304 g/mol. The predicted octanol–water partition coefficient (Wildman–Crippen LogP) is 3.25. The third kappa shape index (κ3) is 1.44. The fraction of sp³-hybridized carbons (Fsp3) is 0.800. The number of allylic oxidation sites excluding steroid dienone is 2. The first-order valence-corrected chi connectivity index (χ1v) is 9.41. The van der Waals surface area contributed by atoms with E-state index in [1.54, 1.807) is 0 Å². The summed E-state index contributed by atoms with van der Waals surface area (Å²) in [6.07, 6.45) is 9.29. The first-order valence-electron chi connectivity index (χ1n) is 9.41. The molecule has 0 N–H and O–H groups in total. The van der Waals surface area contributed by atoms with Crippen LogP contribution in [0.4, 0.5) is 0 Å². The van der Waals surface area contributed by atoms with Crippen molar-refractivity contribution >= 4 is 11.9 Å². The van der Waals surface area contributed by atoms with E-state index in [1.807, 2.05) is 20.8 Å². The molecule has 24 heavy (non-hydrogen) atoms. The molecule has 3 saturated carbocycles. The monoisotopic (exact) mass is 330 g/mol. The Morgan fingerprint density at radius 3 is 2.67 bits per heavy atom. The maximum absolute atomic E-state index is 13.1. The van der Waals surface area contributed by atoms with Crippen molar-refractivity contribution in [2.45, 2.75) is 64.6 Å². The van der Waals surface area contributed by atoms with E-state index in [2.05, 4.69) is 12.2 Å². The second kappa shape index (κ2) is 4.25. The normalized spacial score (nSPS) is 52.6. The van der Waals surface area contributed by atoms with Gasteiger partial charge in [0.25, 0.3) is 0 Å². The highest BCUT2D eigenvalue weighted by Gasteiger charge is 2.76. The predicted molar refractivity (Wildman–Crippen MR) is 86.8 cm³/mol. The van der Waals surface area contributed by atoms with E-state index in [1.165, 1.54) is 12.8 Å². The quantitative estimate of drug-likeness (QED) is 0.576. The van der Waals surface area contributed by atoms with Crippen LogP contribution in [-0.2, 0) is 19.1 Å². The van der Waals surface area contributed by atoms with E-state index in [4.69, 9.17) is 9.47 Å². The van der Waals surface area contributed by atoms with E-state index < -0.39 is 16.4 Å². The first-order chi connectivity index (χ1) is 11.3. The number of fused-ring (bicyclic) bond motifs is 7. The van der Waals surface area contributed by atoms with Crippen LogP contribution in [0.2, 0.25) is 0 Å². The molecular formula is C20H26O4. The summed E-state index contributed by atoms with van der Waals surface area (Å²) in [5, 5.41) is 0. The molecule has 4 bridgehead atoms. The van der Waals surface area contributed by atoms with Crippen LogP contribution in [0.3, 0.4) is 0 Å². The molecule has 0 unspecified atom stereocenters. The first kappa shape index (κ1) is 15.0. The Morgan fingerprint density at radius 2 is 2.00 bits per heavy atom. The summed E-state index contributed by atoms with van der Waals surface area (Å²) < 4.78 is 11.7. The second-order valence-electron chi connectivity index (χ2n) is 9.42. The van der Waals surface area contributed by atoms with Crippen LogP contribution in [0.25, 0.3) is 0 Å². The van der Waals surface area contributed by atoms with Crippen LogP contribution < -0.4 is 0 Å². The Labute approximate surface area is 143 Å². The number of ether oxygens (including phenoxy) is 2. The van der Waals surface area contributed by atoms with Gasteiger partial charge in [-0.3, -0.25) is 4.79 Å². The molecule has 0 amide bonds. The molecule has 0 radical (unpaired) electrons. The number of rotatable bonds is 2. The molecule has 1 aliphatic heterocycles. The lowest BCUT2D eigenvalue weighted by Gasteiger charge is -2.37. The van der Waals surface area contributed by atoms with Gasteiger partial charge in [-0.1, -0.05) is 26.0 Å². The van der Waals surface area contributed by atoms with Crippen LogP contribution >= 0.6 is 0 Å². The number of esters is 2. The third-order valence-corrected chi connectivity index (χ3v) is 8.62. The molecule has 4 aliphatic carbocycles. The highest BCUT2D eigenvalue weighted by Crippen LogP contribution is 2.66. The molecule has 0 aromatic rings. The van der Waals surface area contributed by atoms with Crippen LogP contribution in [0.15, 0.2) is 12.2 Å². The molecule has 4 nitrogen and oxygen atoms in total. The standard InChI is InChI=1S/C20H26O4/c1-18(2)19(3)7-8-20(18,24-16(19)21)17(22)23-15-10-11-9-14(15)13-6-4-5-12(11)13/h4,6,11-15H,5,7-10H2,1-3H3/t11-,12-,13-,14-,15+,19-,20+/m0/s1. The fourth-order valence-corrected chi connectivity index (χ4v) is 6.56. The summed E-state index contributed by atoms with van der Waals surface area (Å²) in [7, 11) is 0. The van der Waals surface area contributed by atoms with Gasteiger partial charge in [-0.15, -0.1) is 0 Å². The van der Waals surface area contributed by atoms with E-state index in [0.29, 0.717) is 30.6 Å². The Balaban J connectivity index is 1.39. The van der Waals surface area contributed by atoms with Crippen molar-refractivity contribution in [3.8, 4) is 0 Å². The van der Waals surface area contributed by atoms with Crippen LogP contribution in [-0.4, -0.2) is 23.6 Å². The molecule has 0 aromatic carbocycles. The lowest BCUT2D eigenvalue weighted by Crippen LogP contribution is -2.50. The van der Waals surface area contributed by atoms with Gasteiger partial charge >= 0.3 is 11.9 Å².